The van der Waals surface area contributed by atoms with Gasteiger partial charge in [0.2, 0.25) is 11.8 Å². The molecule has 1 heterocycles. The molecule has 1 aromatic heterocycles. The molecule has 1 fully saturated rings. The number of carbonyl (C=O) groups is 3. The van der Waals surface area contributed by atoms with E-state index in [1.807, 2.05) is 68.4 Å². The van der Waals surface area contributed by atoms with E-state index in [2.05, 4.69) is 25.9 Å². The monoisotopic (exact) mass is 769 g/mol. The van der Waals surface area contributed by atoms with Crippen LogP contribution >= 0.6 is 0 Å². The van der Waals surface area contributed by atoms with E-state index in [1.165, 1.54) is 0 Å². The number of benzene rings is 3. The van der Waals surface area contributed by atoms with Crippen molar-refractivity contribution in [1.29, 1.82) is 0 Å². The molecule has 0 bridgehead atoms. The van der Waals surface area contributed by atoms with Gasteiger partial charge in [-0.05, 0) is 60.6 Å². The van der Waals surface area contributed by atoms with Gasteiger partial charge >= 0.3 is 0 Å². The van der Waals surface area contributed by atoms with Crippen molar-refractivity contribution in [2.45, 2.75) is 103 Å². The van der Waals surface area contributed by atoms with Crippen LogP contribution in [-0.2, 0) is 16.1 Å². The maximum Gasteiger partial charge on any atom is 0.255 e. The molecule has 12 heteroatoms. The quantitative estimate of drug-likeness (QED) is 0.0600. The van der Waals surface area contributed by atoms with Gasteiger partial charge in [0.25, 0.3) is 5.91 Å². The second kappa shape index (κ2) is 20.8. The predicted molar refractivity (Wildman–Crippen MR) is 216 cm³/mol. The summed E-state index contributed by atoms with van der Waals surface area (Å²) in [5, 5.41) is 32.6. The molecule has 4 aromatic rings. The number of rotatable bonds is 20. The van der Waals surface area contributed by atoms with E-state index in [1.54, 1.807) is 38.1 Å². The molecule has 1 aliphatic rings. The lowest BCUT2D eigenvalue weighted by Crippen LogP contribution is -2.57. The lowest BCUT2D eigenvalue weighted by molar-refractivity contribution is -0.140. The van der Waals surface area contributed by atoms with Crippen molar-refractivity contribution >= 4 is 28.8 Å². The topological polar surface area (TPSA) is 175 Å². The van der Waals surface area contributed by atoms with Crippen molar-refractivity contribution in [1.82, 2.24) is 25.9 Å². The number of carbonyl (C=O) groups excluding carboxylic acids is 3. The molecule has 6 N–H and O–H groups in total. The molecular weight excluding hydrogens is 711 g/mol. The standard InChI is InChI=1S/C44H59N5O7/c1-5-29(4)39(44(54)45-27-37-46-33-21-13-14-22-34(33)47-37)49-43(53)38(28(2)3)41(51)40(50)35(26-30-16-8-6-9-17-30)48-42(52)32-20-12-15-23-36(32)56-25-24-55-31-18-10-7-11-19-31/h7,10-15,18-23,28-30,35,38-41,50-51H,5-6,8-9,16-17,24-27H2,1-4H3,(H,45,54)(H,46,47)(H,48,52)(H,49,53)/t29?,35-,38+,39?,40+,41+/m0/s1. The van der Waals surface area contributed by atoms with E-state index in [0.29, 0.717) is 30.2 Å². The van der Waals surface area contributed by atoms with E-state index in [9.17, 15) is 24.6 Å². The maximum absolute atomic E-state index is 14.1. The van der Waals surface area contributed by atoms with E-state index in [-0.39, 0.29) is 43.1 Å². The minimum atomic E-state index is -1.54. The Kier molecular flexibility index (Phi) is 15.7. The molecule has 0 aliphatic heterocycles. The number of fused-ring (bicyclic) bond motifs is 1. The summed E-state index contributed by atoms with van der Waals surface area (Å²) < 4.78 is 11.7. The number of nitrogens with zero attached hydrogens (tertiary/aromatic N) is 1. The molecule has 12 nitrogen and oxygen atoms in total. The highest BCUT2D eigenvalue weighted by molar-refractivity contribution is 5.97. The van der Waals surface area contributed by atoms with Gasteiger partial charge in [-0.2, -0.15) is 0 Å². The Morgan fingerprint density at radius 2 is 1.50 bits per heavy atom. The second-order valence-corrected chi connectivity index (χ2v) is 15.4. The van der Waals surface area contributed by atoms with Gasteiger partial charge in [-0.3, -0.25) is 14.4 Å². The Morgan fingerprint density at radius 1 is 0.821 bits per heavy atom. The Balaban J connectivity index is 1.27. The van der Waals surface area contributed by atoms with Gasteiger partial charge in [-0.1, -0.05) is 109 Å². The van der Waals surface area contributed by atoms with Crippen molar-refractivity contribution in [2.24, 2.45) is 23.7 Å². The van der Waals surface area contributed by atoms with Crippen LogP contribution in [0.25, 0.3) is 11.0 Å². The third-order valence-corrected chi connectivity index (χ3v) is 10.9. The van der Waals surface area contributed by atoms with Crippen LogP contribution in [0.2, 0.25) is 0 Å². The summed E-state index contributed by atoms with van der Waals surface area (Å²) in [6, 6.07) is 22.1. The van der Waals surface area contributed by atoms with Crippen LogP contribution in [0.1, 0.15) is 88.8 Å². The minimum Gasteiger partial charge on any atom is -0.490 e. The first-order chi connectivity index (χ1) is 27.0. The van der Waals surface area contributed by atoms with Crippen LogP contribution in [0.4, 0.5) is 0 Å². The summed E-state index contributed by atoms with van der Waals surface area (Å²) in [7, 11) is 0. The summed E-state index contributed by atoms with van der Waals surface area (Å²) in [5.74, 6) is -1.20. The SMILES string of the molecule is CCC(C)C(NC(=O)[C@H](C(C)C)[C@@H](O)[C@H](O)[C@H](CC1CCCCC1)NC(=O)c1ccccc1OCCOc1ccccc1)C(=O)NCc1nc2ccccc2[nH]1. The number of aromatic amines is 1. The van der Waals surface area contributed by atoms with Gasteiger partial charge < -0.3 is 40.6 Å². The number of nitrogens with one attached hydrogen (secondary N) is 4. The zero-order valence-electron chi connectivity index (χ0n) is 33.1. The zero-order valence-corrected chi connectivity index (χ0v) is 33.1. The van der Waals surface area contributed by atoms with E-state index < -0.39 is 47.9 Å². The van der Waals surface area contributed by atoms with Crippen molar-refractivity contribution in [3.8, 4) is 11.5 Å². The first kappa shape index (κ1) is 42.2. The molecule has 0 saturated heterocycles. The molecule has 0 radical (unpaired) electrons. The lowest BCUT2D eigenvalue weighted by Gasteiger charge is -2.36. The van der Waals surface area contributed by atoms with E-state index in [4.69, 9.17) is 9.47 Å². The Labute approximate surface area is 330 Å². The number of aromatic nitrogens is 2. The fourth-order valence-electron chi connectivity index (χ4n) is 7.54. The normalized spacial score (nSPS) is 16.6. The fraction of sp³-hybridized carbons (Fsp3) is 0.500. The number of hydrogen-bond donors (Lipinski definition) is 6. The molecule has 6 atom stereocenters. The first-order valence-electron chi connectivity index (χ1n) is 20.1. The van der Waals surface area contributed by atoms with Crippen LogP contribution in [0, 0.1) is 23.7 Å². The van der Waals surface area contributed by atoms with Gasteiger partial charge in [-0.15, -0.1) is 0 Å². The summed E-state index contributed by atoms with van der Waals surface area (Å²) >= 11 is 0. The van der Waals surface area contributed by atoms with E-state index in [0.717, 1.165) is 43.1 Å². The van der Waals surface area contributed by atoms with Crippen molar-refractivity contribution in [2.75, 3.05) is 13.2 Å². The van der Waals surface area contributed by atoms with Crippen LogP contribution < -0.4 is 25.4 Å². The fourth-order valence-corrected chi connectivity index (χ4v) is 7.54. The van der Waals surface area contributed by atoms with Crippen LogP contribution in [0.5, 0.6) is 11.5 Å². The van der Waals surface area contributed by atoms with Crippen molar-refractivity contribution < 1.29 is 34.1 Å². The highest BCUT2D eigenvalue weighted by Gasteiger charge is 2.41. The number of hydrogen-bond acceptors (Lipinski definition) is 8. The Morgan fingerprint density at radius 3 is 2.21 bits per heavy atom. The molecule has 1 aliphatic carbocycles. The number of H-pyrrole nitrogens is 1. The smallest absolute Gasteiger partial charge is 0.255 e. The maximum atomic E-state index is 14.1. The summed E-state index contributed by atoms with van der Waals surface area (Å²) in [5.41, 5.74) is 1.93. The average molecular weight is 770 g/mol. The Hall–Kier alpha value is -4.94. The molecule has 1 saturated carbocycles. The molecule has 302 valence electrons. The van der Waals surface area contributed by atoms with Crippen molar-refractivity contribution in [3.05, 3.63) is 90.3 Å². The van der Waals surface area contributed by atoms with Crippen molar-refractivity contribution in [3.63, 3.8) is 0 Å². The number of ether oxygens (including phenoxy) is 2. The van der Waals surface area contributed by atoms with Crippen LogP contribution in [0.15, 0.2) is 78.9 Å². The van der Waals surface area contributed by atoms with Gasteiger partial charge in [0, 0.05) is 0 Å². The highest BCUT2D eigenvalue weighted by Crippen LogP contribution is 2.31. The van der Waals surface area contributed by atoms with Crippen LogP contribution in [0.3, 0.4) is 0 Å². The lowest BCUT2D eigenvalue weighted by atomic mass is 9.79. The summed E-state index contributed by atoms with van der Waals surface area (Å²) in [6.07, 6.45) is 3.17. The molecule has 3 aromatic carbocycles. The van der Waals surface area contributed by atoms with E-state index >= 15 is 0 Å². The van der Waals surface area contributed by atoms with Gasteiger partial charge in [-0.25, -0.2) is 4.98 Å². The average Bonchev–Trinajstić information content (AvgIpc) is 3.64. The predicted octanol–water partition coefficient (Wildman–Crippen LogP) is 5.93. The molecular formula is C44H59N5O7. The molecule has 2 unspecified atom stereocenters. The number of aliphatic hydroxyl groups excluding tert-OH is 2. The number of amides is 3. The van der Waals surface area contributed by atoms with Gasteiger partial charge in [0.1, 0.15) is 42.7 Å². The first-order valence-corrected chi connectivity index (χ1v) is 20.1. The molecule has 3 amide bonds. The summed E-state index contributed by atoms with van der Waals surface area (Å²) in [4.78, 5) is 49.3. The van der Waals surface area contributed by atoms with Gasteiger partial charge in [0.15, 0.2) is 0 Å². The third-order valence-electron chi connectivity index (χ3n) is 10.9. The van der Waals surface area contributed by atoms with Crippen LogP contribution in [-0.4, -0.2) is 75.4 Å². The minimum absolute atomic E-state index is 0.142. The number of aliphatic hydroxyl groups is 2. The largest absolute Gasteiger partial charge is 0.490 e. The zero-order chi connectivity index (χ0) is 40.0. The second-order valence-electron chi connectivity index (χ2n) is 15.4. The number of imidazole rings is 1. The molecule has 5 rings (SSSR count). The third kappa shape index (κ3) is 11.5. The molecule has 56 heavy (non-hydrogen) atoms. The Bertz CT molecular complexity index is 1810. The molecule has 0 spiro atoms. The highest BCUT2D eigenvalue weighted by atomic mass is 16.5. The number of para-hydroxylation sites is 4. The summed E-state index contributed by atoms with van der Waals surface area (Å²) in [6.45, 7) is 8.03. The van der Waals surface area contributed by atoms with Gasteiger partial charge in [0.05, 0.1) is 41.2 Å².